The zero-order valence-electron chi connectivity index (χ0n) is 9.01. The molecule has 0 saturated heterocycles. The predicted molar refractivity (Wildman–Crippen MR) is 77.6 cm³/mol. The maximum absolute atomic E-state index is 9.05. The van der Waals surface area contributed by atoms with Gasteiger partial charge in [-0.2, -0.15) is 0 Å². The molecule has 0 saturated carbocycles. The second kappa shape index (κ2) is 6.43. The summed E-state index contributed by atoms with van der Waals surface area (Å²) in [4.78, 5) is 4.18. The van der Waals surface area contributed by atoms with E-state index in [1.165, 1.54) is 23.1 Å². The molecule has 1 N–H and O–H groups in total. The van der Waals surface area contributed by atoms with Crippen molar-refractivity contribution in [2.24, 2.45) is 5.16 Å². The van der Waals surface area contributed by atoms with E-state index >= 15 is 0 Å². The fourth-order valence-corrected chi connectivity index (χ4v) is 3.59. The first kappa shape index (κ1) is 13.7. The molecule has 0 spiro atoms. The van der Waals surface area contributed by atoms with Crippen molar-refractivity contribution in [3.8, 4) is 0 Å². The van der Waals surface area contributed by atoms with E-state index in [0.717, 1.165) is 5.03 Å². The molecule has 0 atom stereocenters. The number of hydrogen-bond donors (Lipinski definition) is 1. The first-order valence-corrected chi connectivity index (χ1v) is 7.46. The molecular weight excluding hydrogens is 311 g/mol. The molecule has 2 heterocycles. The Balaban J connectivity index is 2.10. The van der Waals surface area contributed by atoms with Crippen LogP contribution in [-0.2, 0) is 0 Å². The van der Waals surface area contributed by atoms with Crippen molar-refractivity contribution in [2.45, 2.75) is 5.03 Å². The first-order valence-electron chi connectivity index (χ1n) is 4.90. The number of oxime groups is 1. The van der Waals surface area contributed by atoms with Crippen LogP contribution in [0.25, 0.3) is 0 Å². The van der Waals surface area contributed by atoms with Gasteiger partial charge in [-0.1, -0.05) is 46.2 Å². The summed E-state index contributed by atoms with van der Waals surface area (Å²) < 4.78 is 1.09. The average Bonchev–Trinajstić information content (AvgIpc) is 2.71. The van der Waals surface area contributed by atoms with Crippen molar-refractivity contribution in [1.29, 1.82) is 0 Å². The van der Waals surface area contributed by atoms with Crippen molar-refractivity contribution in [2.75, 3.05) is 5.75 Å². The molecule has 0 aromatic carbocycles. The van der Waals surface area contributed by atoms with E-state index in [0.29, 0.717) is 25.7 Å². The van der Waals surface area contributed by atoms with Gasteiger partial charge < -0.3 is 5.21 Å². The maximum Gasteiger partial charge on any atom is 0.104 e. The van der Waals surface area contributed by atoms with Crippen LogP contribution in [0.15, 0.2) is 40.6 Å². The normalized spacial score (nSPS) is 11.8. The number of halogens is 2. The second-order valence-corrected chi connectivity index (χ2v) is 6.52. The summed E-state index contributed by atoms with van der Waals surface area (Å²) in [5.74, 6) is 0.473. The molecule has 0 aliphatic heterocycles. The number of aromatic nitrogens is 1. The van der Waals surface area contributed by atoms with E-state index in [4.69, 9.17) is 28.4 Å². The molecule has 18 heavy (non-hydrogen) atoms. The van der Waals surface area contributed by atoms with Crippen LogP contribution in [0.2, 0.25) is 8.67 Å². The van der Waals surface area contributed by atoms with Crippen molar-refractivity contribution in [3.05, 3.63) is 44.7 Å². The molecule has 2 rings (SSSR count). The van der Waals surface area contributed by atoms with Crippen LogP contribution in [0, 0.1) is 0 Å². The number of pyridine rings is 1. The van der Waals surface area contributed by atoms with Gasteiger partial charge in [-0.15, -0.1) is 11.3 Å². The van der Waals surface area contributed by atoms with Crippen molar-refractivity contribution >= 4 is 52.0 Å². The summed E-state index contributed by atoms with van der Waals surface area (Å²) in [6.07, 6.45) is 1.71. The fraction of sp³-hybridized carbons (Fsp3) is 0.0909. The van der Waals surface area contributed by atoms with E-state index < -0.39 is 0 Å². The lowest BCUT2D eigenvalue weighted by Crippen LogP contribution is -2.03. The Bertz CT molecular complexity index is 557. The summed E-state index contributed by atoms with van der Waals surface area (Å²) >= 11 is 14.6. The number of hydrogen-bond acceptors (Lipinski definition) is 5. The highest BCUT2D eigenvalue weighted by atomic mass is 35.5. The van der Waals surface area contributed by atoms with Gasteiger partial charge in [-0.3, -0.25) is 0 Å². The third-order valence-corrected chi connectivity index (χ3v) is 4.53. The molecule has 2 aromatic rings. The molecule has 0 aliphatic carbocycles. The number of rotatable bonds is 4. The van der Waals surface area contributed by atoms with Crippen LogP contribution >= 0.6 is 46.3 Å². The van der Waals surface area contributed by atoms with Crippen molar-refractivity contribution < 1.29 is 5.21 Å². The van der Waals surface area contributed by atoms with Crippen LogP contribution in [0.1, 0.15) is 5.56 Å². The number of thiophene rings is 1. The topological polar surface area (TPSA) is 45.5 Å². The molecule has 0 bridgehead atoms. The summed E-state index contributed by atoms with van der Waals surface area (Å²) in [7, 11) is 0. The summed E-state index contributed by atoms with van der Waals surface area (Å²) in [5.41, 5.74) is 1.15. The molecule has 2 aromatic heterocycles. The first-order chi connectivity index (χ1) is 8.70. The Morgan fingerprint density at radius 2 is 2.28 bits per heavy atom. The molecule has 0 amide bonds. The van der Waals surface area contributed by atoms with Gasteiger partial charge in [0.15, 0.2) is 0 Å². The Morgan fingerprint density at radius 3 is 2.83 bits per heavy atom. The van der Waals surface area contributed by atoms with E-state index in [1.807, 2.05) is 18.2 Å². The Labute approximate surface area is 122 Å². The average molecular weight is 319 g/mol. The van der Waals surface area contributed by atoms with Crippen LogP contribution in [0.3, 0.4) is 0 Å². The largest absolute Gasteiger partial charge is 0.411 e. The minimum absolute atomic E-state index is 0.473. The van der Waals surface area contributed by atoms with Crippen molar-refractivity contribution in [1.82, 2.24) is 4.98 Å². The molecule has 3 nitrogen and oxygen atoms in total. The summed E-state index contributed by atoms with van der Waals surface area (Å²) in [6, 6.07) is 7.34. The SMILES string of the molecule is O/N=C(\CSc1ccccn1)c1cc(Cl)sc1Cl. The van der Waals surface area contributed by atoms with Gasteiger partial charge in [0.1, 0.15) is 4.34 Å². The highest BCUT2D eigenvalue weighted by Gasteiger charge is 2.13. The minimum Gasteiger partial charge on any atom is -0.411 e. The fourth-order valence-electron chi connectivity index (χ4n) is 1.27. The van der Waals surface area contributed by atoms with Gasteiger partial charge in [0.25, 0.3) is 0 Å². The monoisotopic (exact) mass is 318 g/mol. The molecule has 0 aliphatic rings. The summed E-state index contributed by atoms with van der Waals surface area (Å²) in [5, 5.41) is 13.2. The van der Waals surface area contributed by atoms with Crippen LogP contribution in [0.5, 0.6) is 0 Å². The highest BCUT2D eigenvalue weighted by Crippen LogP contribution is 2.32. The lowest BCUT2D eigenvalue weighted by Gasteiger charge is -2.02. The Kier molecular flexibility index (Phi) is 4.88. The predicted octanol–water partition coefficient (Wildman–Crippen LogP) is 4.42. The maximum atomic E-state index is 9.05. The Hall–Kier alpha value is -0.750. The minimum atomic E-state index is 0.473. The Morgan fingerprint density at radius 1 is 1.44 bits per heavy atom. The smallest absolute Gasteiger partial charge is 0.104 e. The third-order valence-electron chi connectivity index (χ3n) is 2.08. The molecule has 0 radical (unpaired) electrons. The molecule has 0 fully saturated rings. The van der Waals surface area contributed by atoms with E-state index in [1.54, 1.807) is 12.3 Å². The van der Waals surface area contributed by atoms with E-state index in [2.05, 4.69) is 10.1 Å². The molecule has 0 unspecified atom stereocenters. The van der Waals surface area contributed by atoms with Crippen molar-refractivity contribution in [3.63, 3.8) is 0 Å². The van der Waals surface area contributed by atoms with Crippen LogP contribution in [-0.4, -0.2) is 21.7 Å². The van der Waals surface area contributed by atoms with Gasteiger partial charge >= 0.3 is 0 Å². The van der Waals surface area contributed by atoms with Gasteiger partial charge in [0.2, 0.25) is 0 Å². The molecule has 7 heteroatoms. The lowest BCUT2D eigenvalue weighted by molar-refractivity contribution is 0.319. The quantitative estimate of drug-likeness (QED) is 0.393. The zero-order valence-corrected chi connectivity index (χ0v) is 12.2. The highest BCUT2D eigenvalue weighted by molar-refractivity contribution is 7.99. The van der Waals surface area contributed by atoms with Gasteiger partial charge in [0.05, 0.1) is 15.1 Å². The second-order valence-electron chi connectivity index (χ2n) is 3.24. The van der Waals surface area contributed by atoms with Crippen LogP contribution in [0.4, 0.5) is 0 Å². The van der Waals surface area contributed by atoms with Gasteiger partial charge in [0, 0.05) is 17.5 Å². The number of nitrogens with zero attached hydrogens (tertiary/aromatic N) is 2. The lowest BCUT2D eigenvalue weighted by atomic mass is 10.2. The standard InChI is InChI=1S/C11H8Cl2N2OS2/c12-9-5-7(11(13)18-9)8(15-16)6-17-10-3-1-2-4-14-10/h1-5,16H,6H2/b15-8+. The van der Waals surface area contributed by atoms with Crippen LogP contribution < -0.4 is 0 Å². The van der Waals surface area contributed by atoms with E-state index in [-0.39, 0.29) is 0 Å². The van der Waals surface area contributed by atoms with E-state index in [9.17, 15) is 0 Å². The molecular formula is C11H8Cl2N2OS2. The van der Waals surface area contributed by atoms with Gasteiger partial charge in [-0.25, -0.2) is 4.98 Å². The number of thioether (sulfide) groups is 1. The van der Waals surface area contributed by atoms with Gasteiger partial charge in [-0.05, 0) is 18.2 Å². The zero-order chi connectivity index (χ0) is 13.0. The summed E-state index contributed by atoms with van der Waals surface area (Å²) in [6.45, 7) is 0. The molecule has 94 valence electrons. The third kappa shape index (κ3) is 3.38.